The van der Waals surface area contributed by atoms with Crippen molar-refractivity contribution in [2.45, 2.75) is 0 Å². The summed E-state index contributed by atoms with van der Waals surface area (Å²) < 4.78 is 0. The van der Waals surface area contributed by atoms with E-state index in [0.717, 1.165) is 36.4 Å². The van der Waals surface area contributed by atoms with Crippen molar-refractivity contribution in [3.63, 3.8) is 0 Å². The van der Waals surface area contributed by atoms with Crippen LogP contribution in [-0.4, -0.2) is 42.6 Å². The van der Waals surface area contributed by atoms with Gasteiger partial charge in [-0.3, -0.25) is 0 Å². The quantitative estimate of drug-likeness (QED) is 0.270. The number of carbonyl (C=O) groups is 2. The second kappa shape index (κ2) is 7.31. The molecule has 2 rings (SSSR count). The molecule has 0 atom stereocenters. The number of phenols is 4. The van der Waals surface area contributed by atoms with Crippen LogP contribution in [0.15, 0.2) is 36.4 Å². The summed E-state index contributed by atoms with van der Waals surface area (Å²) in [4.78, 5) is 22.4. The molecule has 0 aliphatic carbocycles. The second-order valence-corrected chi connectivity index (χ2v) is 5.18. The average molecular weight is 358 g/mol. The number of hydrogen-bond donors (Lipinski definition) is 6. The summed E-state index contributed by atoms with van der Waals surface area (Å²) in [6.07, 6.45) is 2.91. The molecule has 0 bridgehead atoms. The molecule has 0 radical (unpaired) electrons. The maximum absolute atomic E-state index is 11.7. The van der Waals surface area contributed by atoms with E-state index < -0.39 is 40.5 Å². The first-order chi connectivity index (χ1) is 12.2. The first kappa shape index (κ1) is 18.4. The van der Waals surface area contributed by atoms with E-state index in [2.05, 4.69) is 0 Å². The Morgan fingerprint density at radius 2 is 1.50 bits per heavy atom. The lowest BCUT2D eigenvalue weighted by Gasteiger charge is -2.11. The van der Waals surface area contributed by atoms with Gasteiger partial charge >= 0.3 is 11.9 Å². The second-order valence-electron chi connectivity index (χ2n) is 5.18. The Labute approximate surface area is 146 Å². The third kappa shape index (κ3) is 3.93. The molecule has 0 saturated carbocycles. The number of aromatic hydroxyl groups is 4. The van der Waals surface area contributed by atoms with Gasteiger partial charge in [-0.2, -0.15) is 0 Å². The molecule has 0 unspecified atom stereocenters. The molecule has 0 spiro atoms. The normalized spacial score (nSPS) is 11.6. The summed E-state index contributed by atoms with van der Waals surface area (Å²) in [5, 5.41) is 56.9. The zero-order chi connectivity index (χ0) is 19.4. The molecular weight excluding hydrogens is 344 g/mol. The highest BCUT2D eigenvalue weighted by atomic mass is 16.4. The highest BCUT2D eigenvalue weighted by Gasteiger charge is 2.21. The zero-order valence-corrected chi connectivity index (χ0v) is 13.1. The van der Waals surface area contributed by atoms with E-state index in [-0.39, 0.29) is 16.7 Å². The minimum Gasteiger partial charge on any atom is -0.504 e. The van der Waals surface area contributed by atoms with E-state index in [0.29, 0.717) is 0 Å². The summed E-state index contributed by atoms with van der Waals surface area (Å²) in [6, 6.07) is 5.91. The smallest absolute Gasteiger partial charge is 0.336 e. The summed E-state index contributed by atoms with van der Waals surface area (Å²) in [6.45, 7) is 0. The monoisotopic (exact) mass is 358 g/mol. The van der Waals surface area contributed by atoms with Crippen LogP contribution < -0.4 is 0 Å². The van der Waals surface area contributed by atoms with Crippen molar-refractivity contribution < 1.29 is 40.2 Å². The lowest BCUT2D eigenvalue weighted by molar-refractivity contribution is -0.131. The number of hydrogen-bond acceptors (Lipinski definition) is 6. The summed E-state index contributed by atoms with van der Waals surface area (Å²) >= 11 is 0. The van der Waals surface area contributed by atoms with E-state index in [1.165, 1.54) is 12.1 Å². The zero-order valence-electron chi connectivity index (χ0n) is 13.1. The topological polar surface area (TPSA) is 156 Å². The summed E-state index contributed by atoms with van der Waals surface area (Å²) in [5.41, 5.74) is -0.538. The molecular formula is C18H14O8. The van der Waals surface area contributed by atoms with E-state index in [1.807, 2.05) is 0 Å². The molecule has 6 N–H and O–H groups in total. The number of benzene rings is 2. The fourth-order valence-electron chi connectivity index (χ4n) is 2.22. The van der Waals surface area contributed by atoms with Gasteiger partial charge in [0.1, 0.15) is 0 Å². The van der Waals surface area contributed by atoms with E-state index in [4.69, 9.17) is 5.11 Å². The predicted molar refractivity (Wildman–Crippen MR) is 91.7 cm³/mol. The Morgan fingerprint density at radius 1 is 0.846 bits per heavy atom. The molecule has 0 fully saturated rings. The van der Waals surface area contributed by atoms with Gasteiger partial charge in [0.2, 0.25) is 0 Å². The molecule has 0 aliphatic heterocycles. The molecule has 2 aromatic rings. The number of carboxylic acids is 2. The largest absolute Gasteiger partial charge is 0.504 e. The van der Waals surface area contributed by atoms with Gasteiger partial charge in [0.15, 0.2) is 23.0 Å². The van der Waals surface area contributed by atoms with Gasteiger partial charge < -0.3 is 30.6 Å². The van der Waals surface area contributed by atoms with E-state index in [9.17, 15) is 35.1 Å². The third-order valence-corrected chi connectivity index (χ3v) is 3.40. The molecule has 0 heterocycles. The SMILES string of the molecule is O=C(O)/C=C\c1ccc(O)c(O)c1/C(=C/c1ccc(O)c(O)c1)C(=O)O. The van der Waals surface area contributed by atoms with Gasteiger partial charge in [0, 0.05) is 11.6 Å². The van der Waals surface area contributed by atoms with Gasteiger partial charge in [-0.05, 0) is 41.5 Å². The summed E-state index contributed by atoms with van der Waals surface area (Å²) in [5.74, 6) is -4.96. The number of rotatable bonds is 5. The highest BCUT2D eigenvalue weighted by molar-refractivity contribution is 6.22. The van der Waals surface area contributed by atoms with Gasteiger partial charge in [0.05, 0.1) is 5.57 Å². The Morgan fingerprint density at radius 3 is 2.08 bits per heavy atom. The Bertz CT molecular complexity index is 940. The van der Waals surface area contributed by atoms with Crippen molar-refractivity contribution in [1.82, 2.24) is 0 Å². The van der Waals surface area contributed by atoms with Crippen molar-refractivity contribution in [1.29, 1.82) is 0 Å². The van der Waals surface area contributed by atoms with Crippen LogP contribution in [0.1, 0.15) is 16.7 Å². The molecule has 0 amide bonds. The third-order valence-electron chi connectivity index (χ3n) is 3.40. The molecule has 8 heteroatoms. The van der Waals surface area contributed by atoms with Gasteiger partial charge in [-0.1, -0.05) is 12.1 Å². The molecule has 0 saturated heterocycles. The van der Waals surface area contributed by atoms with Gasteiger partial charge in [0.25, 0.3) is 0 Å². The van der Waals surface area contributed by atoms with Crippen LogP contribution in [0.25, 0.3) is 17.7 Å². The van der Waals surface area contributed by atoms with Crippen molar-refractivity contribution >= 4 is 29.7 Å². The summed E-state index contributed by atoms with van der Waals surface area (Å²) in [7, 11) is 0. The van der Waals surface area contributed by atoms with Crippen molar-refractivity contribution in [3.8, 4) is 23.0 Å². The van der Waals surface area contributed by atoms with Crippen LogP contribution in [0.2, 0.25) is 0 Å². The predicted octanol–water partition coefficient (Wildman–Crippen LogP) is 2.23. The maximum Gasteiger partial charge on any atom is 0.336 e. The number of phenolic OH excluding ortho intramolecular Hbond substituents is 4. The minimum atomic E-state index is -1.47. The first-order valence-electron chi connectivity index (χ1n) is 7.14. The number of carboxylic acid groups (broad SMARTS) is 2. The Hall–Kier alpha value is -3.94. The standard InChI is InChI=1S/C18H14O8/c19-12-4-1-9(8-14(12)21)7-11(18(25)26)16-10(3-6-15(22)23)2-5-13(20)17(16)24/h1-8,19-21,24H,(H,22,23)(H,25,26)/b6-3-,11-7-. The van der Waals surface area contributed by atoms with Crippen molar-refractivity contribution in [2.24, 2.45) is 0 Å². The first-order valence-corrected chi connectivity index (χ1v) is 7.14. The van der Waals surface area contributed by atoms with Gasteiger partial charge in [-0.25, -0.2) is 9.59 Å². The van der Waals surface area contributed by atoms with E-state index >= 15 is 0 Å². The Balaban J connectivity index is 2.72. The minimum absolute atomic E-state index is 0.0411. The molecule has 2 aromatic carbocycles. The lowest BCUT2D eigenvalue weighted by atomic mass is 9.95. The van der Waals surface area contributed by atoms with Crippen LogP contribution in [0.3, 0.4) is 0 Å². The number of aliphatic carboxylic acids is 2. The van der Waals surface area contributed by atoms with Crippen LogP contribution >= 0.6 is 0 Å². The van der Waals surface area contributed by atoms with Gasteiger partial charge in [-0.15, -0.1) is 0 Å². The fourth-order valence-corrected chi connectivity index (χ4v) is 2.22. The van der Waals surface area contributed by atoms with Crippen LogP contribution in [-0.2, 0) is 9.59 Å². The van der Waals surface area contributed by atoms with Crippen LogP contribution in [0, 0.1) is 0 Å². The van der Waals surface area contributed by atoms with Crippen LogP contribution in [0.4, 0.5) is 0 Å². The van der Waals surface area contributed by atoms with Crippen molar-refractivity contribution in [3.05, 3.63) is 53.1 Å². The van der Waals surface area contributed by atoms with E-state index in [1.54, 1.807) is 0 Å². The molecule has 134 valence electrons. The van der Waals surface area contributed by atoms with Crippen LogP contribution in [0.5, 0.6) is 23.0 Å². The lowest BCUT2D eigenvalue weighted by Crippen LogP contribution is -2.02. The fraction of sp³-hybridized carbons (Fsp3) is 0. The maximum atomic E-state index is 11.7. The molecule has 0 aliphatic rings. The Kier molecular flexibility index (Phi) is 5.17. The highest BCUT2D eigenvalue weighted by Crippen LogP contribution is 2.38. The average Bonchev–Trinajstić information content (AvgIpc) is 2.57. The molecule has 8 nitrogen and oxygen atoms in total. The van der Waals surface area contributed by atoms with Crippen molar-refractivity contribution in [2.75, 3.05) is 0 Å². The molecule has 26 heavy (non-hydrogen) atoms. The molecule has 0 aromatic heterocycles.